The second kappa shape index (κ2) is 8.52. The fraction of sp³-hybridized carbons (Fsp3) is 0.0909. The maximum Gasteiger partial charge on any atom is 0.257 e. The van der Waals surface area contributed by atoms with Gasteiger partial charge in [-0.1, -0.05) is 66.2 Å². The molecule has 0 unspecified atom stereocenters. The average molecular weight is 379 g/mol. The van der Waals surface area contributed by atoms with Crippen LogP contribution in [0.3, 0.4) is 0 Å². The standard InChI is InChI=1S/C22H19ClN2O2/c1-15(16-9-3-2-4-10-16)24-22(27)18-12-6-8-14-20(18)25-21(26)17-11-5-7-13-19(17)23/h2-15H,1H3,(H,24,27)(H,25,26)/t15-/m1/s1. The fourth-order valence-electron chi connectivity index (χ4n) is 2.72. The minimum Gasteiger partial charge on any atom is -0.345 e. The number of anilines is 1. The highest BCUT2D eigenvalue weighted by molar-refractivity contribution is 6.34. The number of benzene rings is 3. The van der Waals surface area contributed by atoms with E-state index in [1.165, 1.54) is 0 Å². The Kier molecular flexibility index (Phi) is 5.89. The number of hydrogen-bond donors (Lipinski definition) is 2. The molecule has 2 amide bonds. The van der Waals surface area contributed by atoms with Crippen LogP contribution in [0.4, 0.5) is 5.69 Å². The van der Waals surface area contributed by atoms with Gasteiger partial charge in [-0.3, -0.25) is 9.59 Å². The van der Waals surface area contributed by atoms with Gasteiger partial charge in [-0.2, -0.15) is 0 Å². The predicted octanol–water partition coefficient (Wildman–Crippen LogP) is 5.08. The molecule has 136 valence electrons. The van der Waals surface area contributed by atoms with Gasteiger partial charge in [0.1, 0.15) is 0 Å². The zero-order valence-electron chi connectivity index (χ0n) is 14.8. The minimum atomic E-state index is -0.364. The van der Waals surface area contributed by atoms with Gasteiger partial charge in [0.25, 0.3) is 11.8 Å². The van der Waals surface area contributed by atoms with Crippen LogP contribution in [0.15, 0.2) is 78.9 Å². The van der Waals surface area contributed by atoms with Crippen LogP contribution in [-0.4, -0.2) is 11.8 Å². The quantitative estimate of drug-likeness (QED) is 0.650. The number of nitrogens with one attached hydrogen (secondary N) is 2. The molecule has 0 aliphatic rings. The first-order chi connectivity index (χ1) is 13.1. The summed E-state index contributed by atoms with van der Waals surface area (Å²) >= 11 is 6.08. The molecule has 27 heavy (non-hydrogen) atoms. The number of carbonyl (C=O) groups excluding carboxylic acids is 2. The largest absolute Gasteiger partial charge is 0.345 e. The van der Waals surface area contributed by atoms with Crippen molar-refractivity contribution in [3.63, 3.8) is 0 Å². The summed E-state index contributed by atoms with van der Waals surface area (Å²) in [5.41, 5.74) is 2.18. The van der Waals surface area contributed by atoms with Gasteiger partial charge in [-0.05, 0) is 36.8 Å². The van der Waals surface area contributed by atoms with Gasteiger partial charge < -0.3 is 10.6 Å². The number of amides is 2. The van der Waals surface area contributed by atoms with E-state index in [9.17, 15) is 9.59 Å². The monoisotopic (exact) mass is 378 g/mol. The van der Waals surface area contributed by atoms with E-state index in [-0.39, 0.29) is 17.9 Å². The Labute approximate surface area is 163 Å². The number of halogens is 1. The molecule has 0 radical (unpaired) electrons. The van der Waals surface area contributed by atoms with Gasteiger partial charge in [0.2, 0.25) is 0 Å². The smallest absolute Gasteiger partial charge is 0.257 e. The van der Waals surface area contributed by atoms with Crippen molar-refractivity contribution in [1.82, 2.24) is 5.32 Å². The van der Waals surface area contributed by atoms with Crippen molar-refractivity contribution in [2.75, 3.05) is 5.32 Å². The molecule has 0 fully saturated rings. The molecular formula is C22H19ClN2O2. The first-order valence-electron chi connectivity index (χ1n) is 8.57. The Hall–Kier alpha value is -3.11. The highest BCUT2D eigenvalue weighted by atomic mass is 35.5. The predicted molar refractivity (Wildman–Crippen MR) is 108 cm³/mol. The molecule has 0 aromatic heterocycles. The van der Waals surface area contributed by atoms with Gasteiger partial charge in [0.05, 0.1) is 27.9 Å². The molecule has 1 atom stereocenters. The van der Waals surface area contributed by atoms with Crippen molar-refractivity contribution < 1.29 is 9.59 Å². The van der Waals surface area contributed by atoms with Gasteiger partial charge in [0, 0.05) is 0 Å². The van der Waals surface area contributed by atoms with Crippen molar-refractivity contribution in [2.24, 2.45) is 0 Å². The highest BCUT2D eigenvalue weighted by Gasteiger charge is 2.17. The van der Waals surface area contributed by atoms with Crippen molar-refractivity contribution in [3.8, 4) is 0 Å². The highest BCUT2D eigenvalue weighted by Crippen LogP contribution is 2.21. The summed E-state index contributed by atoms with van der Waals surface area (Å²) < 4.78 is 0. The molecule has 0 aliphatic heterocycles. The van der Waals surface area contributed by atoms with Gasteiger partial charge >= 0.3 is 0 Å². The molecule has 0 aliphatic carbocycles. The van der Waals surface area contributed by atoms with Crippen LogP contribution < -0.4 is 10.6 Å². The van der Waals surface area contributed by atoms with Gasteiger partial charge in [-0.25, -0.2) is 0 Å². The summed E-state index contributed by atoms with van der Waals surface area (Å²) in [7, 11) is 0. The van der Waals surface area contributed by atoms with Crippen molar-refractivity contribution >= 4 is 29.1 Å². The van der Waals surface area contributed by atoms with E-state index >= 15 is 0 Å². The summed E-state index contributed by atoms with van der Waals surface area (Å²) in [6.07, 6.45) is 0. The molecule has 3 aromatic carbocycles. The van der Waals surface area contributed by atoms with E-state index in [2.05, 4.69) is 10.6 Å². The Bertz CT molecular complexity index is 957. The molecule has 0 bridgehead atoms. The molecule has 4 nitrogen and oxygen atoms in total. The van der Waals surface area contributed by atoms with Crippen LogP contribution in [-0.2, 0) is 0 Å². The molecule has 0 saturated heterocycles. The first kappa shape index (κ1) is 18.7. The van der Waals surface area contributed by atoms with Crippen LogP contribution in [0.5, 0.6) is 0 Å². The zero-order valence-corrected chi connectivity index (χ0v) is 15.5. The van der Waals surface area contributed by atoms with Crippen LogP contribution in [0.2, 0.25) is 5.02 Å². The van der Waals surface area contributed by atoms with Crippen molar-refractivity contribution in [2.45, 2.75) is 13.0 Å². The zero-order chi connectivity index (χ0) is 19.2. The normalized spacial score (nSPS) is 11.5. The number of hydrogen-bond acceptors (Lipinski definition) is 2. The summed E-state index contributed by atoms with van der Waals surface area (Å²) in [4.78, 5) is 25.3. The van der Waals surface area contributed by atoms with Gasteiger partial charge in [0.15, 0.2) is 0 Å². The Morgan fingerprint density at radius 3 is 2.07 bits per heavy atom. The summed E-state index contributed by atoms with van der Waals surface area (Å²) in [6, 6.07) is 23.2. The molecule has 0 saturated carbocycles. The fourth-order valence-corrected chi connectivity index (χ4v) is 2.95. The lowest BCUT2D eigenvalue weighted by atomic mass is 10.1. The van der Waals surface area contributed by atoms with Crippen LogP contribution in [0.1, 0.15) is 39.2 Å². The third kappa shape index (κ3) is 4.54. The third-order valence-corrected chi connectivity index (χ3v) is 4.52. The molecule has 3 aromatic rings. The lowest BCUT2D eigenvalue weighted by Gasteiger charge is -2.16. The molecule has 5 heteroatoms. The van der Waals surface area contributed by atoms with E-state index in [0.29, 0.717) is 21.8 Å². The van der Waals surface area contributed by atoms with Crippen molar-refractivity contribution in [3.05, 3.63) is 101 Å². The Balaban J connectivity index is 1.78. The maximum atomic E-state index is 12.7. The van der Waals surface area contributed by atoms with Crippen LogP contribution >= 0.6 is 11.6 Å². The molecule has 3 rings (SSSR count). The second-order valence-electron chi connectivity index (χ2n) is 6.09. The number of carbonyl (C=O) groups is 2. The summed E-state index contributed by atoms with van der Waals surface area (Å²) in [5.74, 6) is -0.627. The number of rotatable bonds is 5. The molecule has 2 N–H and O–H groups in total. The van der Waals surface area contributed by atoms with E-state index in [4.69, 9.17) is 11.6 Å². The summed E-state index contributed by atoms with van der Waals surface area (Å²) in [6.45, 7) is 1.91. The molecule has 0 heterocycles. The van der Waals surface area contributed by atoms with Crippen LogP contribution in [0.25, 0.3) is 0 Å². The van der Waals surface area contributed by atoms with Crippen LogP contribution in [0, 0.1) is 0 Å². The van der Waals surface area contributed by atoms with Crippen molar-refractivity contribution in [1.29, 1.82) is 0 Å². The van der Waals surface area contributed by atoms with Gasteiger partial charge in [-0.15, -0.1) is 0 Å². The average Bonchev–Trinajstić information content (AvgIpc) is 2.69. The first-order valence-corrected chi connectivity index (χ1v) is 8.95. The van der Waals surface area contributed by atoms with E-state index in [0.717, 1.165) is 5.56 Å². The topological polar surface area (TPSA) is 58.2 Å². The number of para-hydroxylation sites is 1. The summed E-state index contributed by atoms with van der Waals surface area (Å²) in [5, 5.41) is 6.09. The second-order valence-corrected chi connectivity index (χ2v) is 6.49. The Morgan fingerprint density at radius 2 is 1.37 bits per heavy atom. The minimum absolute atomic E-state index is 0.161. The lowest BCUT2D eigenvalue weighted by molar-refractivity contribution is 0.0941. The molecular weight excluding hydrogens is 360 g/mol. The third-order valence-electron chi connectivity index (χ3n) is 4.19. The van der Waals surface area contributed by atoms with E-state index in [1.807, 2.05) is 37.3 Å². The van der Waals surface area contributed by atoms with E-state index in [1.54, 1.807) is 48.5 Å². The SMILES string of the molecule is C[C@@H](NC(=O)c1ccccc1NC(=O)c1ccccc1Cl)c1ccccc1. The maximum absolute atomic E-state index is 12.7. The Morgan fingerprint density at radius 1 is 0.778 bits per heavy atom. The lowest BCUT2D eigenvalue weighted by Crippen LogP contribution is -2.28. The molecule has 0 spiro atoms. The van der Waals surface area contributed by atoms with E-state index < -0.39 is 0 Å².